The average Bonchev–Trinajstić information content (AvgIpc) is 3.44. The standard InChI is InChI=1S/C19H19Cl2N3O2/c1-11-16(3-2-4-17(11)24-19(26)12-5-6-12)22-10-18(25)23-13-7-8-14(20)15(21)9-13/h2-4,7-9,12,22H,5-6,10H2,1H3,(H,23,25)(H,24,26). The van der Waals surface area contributed by atoms with Gasteiger partial charge in [-0.15, -0.1) is 0 Å². The second-order valence-corrected chi connectivity index (χ2v) is 7.09. The van der Waals surface area contributed by atoms with E-state index in [9.17, 15) is 9.59 Å². The number of nitrogens with one attached hydrogen (secondary N) is 3. The van der Waals surface area contributed by atoms with Crippen LogP contribution in [0.3, 0.4) is 0 Å². The Hall–Kier alpha value is -2.24. The monoisotopic (exact) mass is 391 g/mol. The molecule has 0 aliphatic heterocycles. The molecule has 0 atom stereocenters. The smallest absolute Gasteiger partial charge is 0.243 e. The molecular weight excluding hydrogens is 373 g/mol. The fourth-order valence-electron chi connectivity index (χ4n) is 2.50. The van der Waals surface area contributed by atoms with Crippen LogP contribution >= 0.6 is 23.2 Å². The second-order valence-electron chi connectivity index (χ2n) is 6.27. The summed E-state index contributed by atoms with van der Waals surface area (Å²) in [5, 5.41) is 9.61. The fraction of sp³-hybridized carbons (Fsp3) is 0.263. The molecular formula is C19H19Cl2N3O2. The molecule has 136 valence electrons. The minimum absolute atomic E-state index is 0.0580. The van der Waals surface area contributed by atoms with E-state index in [1.807, 2.05) is 25.1 Å². The number of carbonyl (C=O) groups excluding carboxylic acids is 2. The molecule has 3 N–H and O–H groups in total. The Morgan fingerprint density at radius 2 is 1.77 bits per heavy atom. The summed E-state index contributed by atoms with van der Waals surface area (Å²) in [6.45, 7) is 1.99. The summed E-state index contributed by atoms with van der Waals surface area (Å²) < 4.78 is 0. The van der Waals surface area contributed by atoms with Crippen molar-refractivity contribution in [2.45, 2.75) is 19.8 Å². The summed E-state index contributed by atoms with van der Waals surface area (Å²) in [5.74, 6) is -0.0131. The summed E-state index contributed by atoms with van der Waals surface area (Å²) in [6, 6.07) is 10.5. The SMILES string of the molecule is Cc1c(NCC(=O)Nc2ccc(Cl)c(Cl)c2)cccc1NC(=O)C1CC1. The first-order valence-electron chi connectivity index (χ1n) is 8.33. The van der Waals surface area contributed by atoms with Crippen LogP contribution in [0.25, 0.3) is 0 Å². The molecule has 0 radical (unpaired) electrons. The number of benzene rings is 2. The van der Waals surface area contributed by atoms with E-state index in [-0.39, 0.29) is 24.3 Å². The summed E-state index contributed by atoms with van der Waals surface area (Å²) in [6.07, 6.45) is 1.91. The van der Waals surface area contributed by atoms with Crippen LogP contribution in [0.5, 0.6) is 0 Å². The van der Waals surface area contributed by atoms with Crippen LogP contribution in [-0.4, -0.2) is 18.4 Å². The van der Waals surface area contributed by atoms with Gasteiger partial charge in [0, 0.05) is 23.0 Å². The van der Waals surface area contributed by atoms with Gasteiger partial charge >= 0.3 is 0 Å². The highest BCUT2D eigenvalue weighted by Gasteiger charge is 2.29. The topological polar surface area (TPSA) is 70.2 Å². The highest BCUT2D eigenvalue weighted by atomic mass is 35.5. The molecule has 0 aromatic heterocycles. The van der Waals surface area contributed by atoms with E-state index in [0.29, 0.717) is 15.7 Å². The third-order valence-corrected chi connectivity index (χ3v) is 4.92. The molecule has 7 heteroatoms. The lowest BCUT2D eigenvalue weighted by molar-refractivity contribution is -0.117. The summed E-state index contributed by atoms with van der Waals surface area (Å²) >= 11 is 11.8. The Balaban J connectivity index is 1.59. The lowest BCUT2D eigenvalue weighted by atomic mass is 10.1. The minimum atomic E-state index is -0.213. The Bertz CT molecular complexity index is 851. The van der Waals surface area contributed by atoms with Crippen molar-refractivity contribution >= 4 is 52.1 Å². The van der Waals surface area contributed by atoms with Gasteiger partial charge in [0.15, 0.2) is 0 Å². The van der Waals surface area contributed by atoms with Gasteiger partial charge in [-0.2, -0.15) is 0 Å². The minimum Gasteiger partial charge on any atom is -0.376 e. The van der Waals surface area contributed by atoms with Crippen LogP contribution in [-0.2, 0) is 9.59 Å². The Kier molecular flexibility index (Phi) is 5.69. The molecule has 0 unspecified atom stereocenters. The normalized spacial score (nSPS) is 13.2. The van der Waals surface area contributed by atoms with Crippen molar-refractivity contribution in [3.8, 4) is 0 Å². The molecule has 0 bridgehead atoms. The molecule has 2 aromatic carbocycles. The van der Waals surface area contributed by atoms with Gasteiger partial charge in [0.1, 0.15) is 0 Å². The van der Waals surface area contributed by atoms with Crippen molar-refractivity contribution < 1.29 is 9.59 Å². The number of hydrogen-bond donors (Lipinski definition) is 3. The van der Waals surface area contributed by atoms with Gasteiger partial charge in [-0.3, -0.25) is 9.59 Å². The molecule has 2 amide bonds. The fourth-order valence-corrected chi connectivity index (χ4v) is 2.80. The number of anilines is 3. The molecule has 2 aromatic rings. The molecule has 1 aliphatic carbocycles. The van der Waals surface area contributed by atoms with E-state index in [4.69, 9.17) is 23.2 Å². The first-order valence-corrected chi connectivity index (χ1v) is 9.09. The van der Waals surface area contributed by atoms with Crippen LogP contribution in [0, 0.1) is 12.8 Å². The van der Waals surface area contributed by atoms with Gasteiger partial charge in [0.2, 0.25) is 11.8 Å². The number of rotatable bonds is 6. The lowest BCUT2D eigenvalue weighted by Crippen LogP contribution is -2.22. The van der Waals surface area contributed by atoms with Gasteiger partial charge < -0.3 is 16.0 Å². The molecule has 5 nitrogen and oxygen atoms in total. The zero-order valence-electron chi connectivity index (χ0n) is 14.2. The molecule has 26 heavy (non-hydrogen) atoms. The van der Waals surface area contributed by atoms with Crippen molar-refractivity contribution in [2.75, 3.05) is 22.5 Å². The van der Waals surface area contributed by atoms with Gasteiger partial charge in [0.05, 0.1) is 16.6 Å². The first kappa shape index (κ1) is 18.5. The Morgan fingerprint density at radius 3 is 2.46 bits per heavy atom. The van der Waals surface area contributed by atoms with Gasteiger partial charge in [-0.05, 0) is 55.7 Å². The van der Waals surface area contributed by atoms with Crippen LogP contribution in [0.2, 0.25) is 10.0 Å². The third-order valence-electron chi connectivity index (χ3n) is 4.18. The number of carbonyl (C=O) groups is 2. The predicted octanol–water partition coefficient (Wildman–Crippen LogP) is 4.70. The molecule has 3 rings (SSSR count). The zero-order valence-corrected chi connectivity index (χ0v) is 15.7. The van der Waals surface area contributed by atoms with Crippen molar-refractivity contribution in [2.24, 2.45) is 5.92 Å². The summed E-state index contributed by atoms with van der Waals surface area (Å²) in [7, 11) is 0. The van der Waals surface area contributed by atoms with E-state index in [1.54, 1.807) is 18.2 Å². The Labute approximate surface area is 162 Å². The largest absolute Gasteiger partial charge is 0.376 e. The second kappa shape index (κ2) is 7.98. The average molecular weight is 392 g/mol. The van der Waals surface area contributed by atoms with Crippen molar-refractivity contribution in [1.82, 2.24) is 0 Å². The Morgan fingerprint density at radius 1 is 1.04 bits per heavy atom. The van der Waals surface area contributed by atoms with E-state index < -0.39 is 0 Å². The van der Waals surface area contributed by atoms with Gasteiger partial charge in [0.25, 0.3) is 0 Å². The van der Waals surface area contributed by atoms with E-state index in [0.717, 1.165) is 29.8 Å². The maximum absolute atomic E-state index is 12.1. The van der Waals surface area contributed by atoms with Crippen molar-refractivity contribution in [3.63, 3.8) is 0 Å². The molecule has 1 fully saturated rings. The molecule has 0 spiro atoms. The van der Waals surface area contributed by atoms with Crippen LogP contribution in [0.1, 0.15) is 18.4 Å². The van der Waals surface area contributed by atoms with E-state index in [1.165, 1.54) is 0 Å². The molecule has 1 saturated carbocycles. The third kappa shape index (κ3) is 4.68. The summed E-state index contributed by atoms with van der Waals surface area (Å²) in [5.41, 5.74) is 3.02. The number of amides is 2. The van der Waals surface area contributed by atoms with E-state index >= 15 is 0 Å². The highest BCUT2D eigenvalue weighted by Crippen LogP contribution is 2.31. The van der Waals surface area contributed by atoms with Crippen molar-refractivity contribution in [3.05, 3.63) is 52.0 Å². The van der Waals surface area contributed by atoms with Crippen molar-refractivity contribution in [1.29, 1.82) is 0 Å². The summed E-state index contributed by atoms with van der Waals surface area (Å²) in [4.78, 5) is 24.1. The first-order chi connectivity index (χ1) is 12.4. The maximum atomic E-state index is 12.1. The quantitative estimate of drug-likeness (QED) is 0.667. The maximum Gasteiger partial charge on any atom is 0.243 e. The van der Waals surface area contributed by atoms with Crippen LogP contribution in [0.4, 0.5) is 17.1 Å². The molecule has 1 aliphatic rings. The number of halogens is 2. The lowest BCUT2D eigenvalue weighted by Gasteiger charge is -2.14. The van der Waals surface area contributed by atoms with Gasteiger partial charge in [-0.1, -0.05) is 29.3 Å². The van der Waals surface area contributed by atoms with E-state index in [2.05, 4.69) is 16.0 Å². The highest BCUT2D eigenvalue weighted by molar-refractivity contribution is 6.42. The zero-order chi connectivity index (χ0) is 18.7. The van der Waals surface area contributed by atoms with Gasteiger partial charge in [-0.25, -0.2) is 0 Å². The molecule has 0 heterocycles. The van der Waals surface area contributed by atoms with Crippen LogP contribution in [0.15, 0.2) is 36.4 Å². The predicted molar refractivity (Wildman–Crippen MR) is 106 cm³/mol. The van der Waals surface area contributed by atoms with Crippen LogP contribution < -0.4 is 16.0 Å². The molecule has 0 saturated heterocycles. The number of hydrogen-bond acceptors (Lipinski definition) is 3.